The lowest BCUT2D eigenvalue weighted by atomic mass is 9.51. The number of carbonyl (C=O) groups is 4. The first kappa shape index (κ1) is 34.7. The summed E-state index contributed by atoms with van der Waals surface area (Å²) < 4.78 is 14.2. The van der Waals surface area contributed by atoms with E-state index in [0.717, 1.165) is 28.0 Å². The van der Waals surface area contributed by atoms with Crippen molar-refractivity contribution in [3.63, 3.8) is 0 Å². The molecule has 4 aliphatic rings. The number of phenols is 1. The van der Waals surface area contributed by atoms with Crippen LogP contribution in [0, 0.1) is 62.1 Å². The van der Waals surface area contributed by atoms with Crippen LogP contribution < -0.4 is 14.7 Å². The molecule has 1 N–H and O–H groups in total. The van der Waals surface area contributed by atoms with Crippen molar-refractivity contribution < 1.29 is 38.5 Å². The molecular weight excluding hydrogens is 701 g/mol. The van der Waals surface area contributed by atoms with E-state index in [1.54, 1.807) is 38.1 Å². The Bertz CT molecular complexity index is 2170. The van der Waals surface area contributed by atoms with Crippen molar-refractivity contribution in [2.75, 3.05) is 28.8 Å². The van der Waals surface area contributed by atoms with Crippen LogP contribution in [0.15, 0.2) is 60.2 Å². The molecule has 2 heterocycles. The zero-order valence-electron chi connectivity index (χ0n) is 28.2. The summed E-state index contributed by atoms with van der Waals surface area (Å²) in [6, 6.07) is 10.4. The van der Waals surface area contributed by atoms with Gasteiger partial charge < -0.3 is 10.0 Å². The lowest BCUT2D eigenvalue weighted by Gasteiger charge is -2.49. The number of phenolic OH excluding ortho intramolecular Hbond substituents is 1. The Balaban J connectivity index is 1.37. The van der Waals surface area contributed by atoms with Crippen molar-refractivity contribution in [2.45, 2.75) is 32.6 Å². The van der Waals surface area contributed by atoms with E-state index in [0.29, 0.717) is 16.7 Å². The molecule has 2 aliphatic heterocycles. The van der Waals surface area contributed by atoms with Crippen molar-refractivity contribution in [1.82, 2.24) is 0 Å². The maximum Gasteiger partial charge on any atom is 0.301 e. The smallest absolute Gasteiger partial charge is 0.301 e. The number of fused-ring (bicyclic) bond motifs is 4. The van der Waals surface area contributed by atoms with E-state index < -0.39 is 85.7 Å². The minimum absolute atomic E-state index is 0.0147. The SMILES string of the molecule is Cc1cccc(C2C3=CCC4C(=O)N(c5cc([N+](=O)[O-])c(N(C)C)c([N+](=O)[O-])c5)C(=O)C4C3CC3C(=O)N(c4ccc(F)c(Cl)c4)C(=O)C32C)c1O. The van der Waals surface area contributed by atoms with Crippen LogP contribution in [0.2, 0.25) is 5.02 Å². The minimum Gasteiger partial charge on any atom is -0.507 e. The van der Waals surface area contributed by atoms with Gasteiger partial charge in [-0.05, 0) is 56.4 Å². The van der Waals surface area contributed by atoms with Crippen LogP contribution in [0.1, 0.15) is 36.8 Å². The molecule has 1 saturated carbocycles. The van der Waals surface area contributed by atoms with E-state index in [1.165, 1.54) is 31.1 Å². The molecule has 2 aliphatic carbocycles. The topological polar surface area (TPSA) is 185 Å². The van der Waals surface area contributed by atoms with Crippen LogP contribution in [-0.2, 0) is 19.2 Å². The highest BCUT2D eigenvalue weighted by molar-refractivity contribution is 6.32. The number of halogens is 2. The maximum atomic E-state index is 14.6. The van der Waals surface area contributed by atoms with Gasteiger partial charge in [0.25, 0.3) is 0 Å². The predicted molar refractivity (Wildman–Crippen MR) is 185 cm³/mol. The summed E-state index contributed by atoms with van der Waals surface area (Å²) in [5.74, 6) is -8.52. The van der Waals surface area contributed by atoms with E-state index in [4.69, 9.17) is 11.6 Å². The standard InChI is InChI=1S/C36H31ClFN5O9/c1-16-6-5-7-21(31(16)44)29-19-9-10-20-28(22(19)15-23-33(46)41(35(48)36(23,29)2)17-8-11-25(38)24(37)12-17)34(47)40(32(20)45)18-13-26(42(49)50)30(39(3)4)27(14-18)43(51)52/h5-9,11-14,20,22-23,28-29,44H,10,15H2,1-4H3. The van der Waals surface area contributed by atoms with Gasteiger partial charge in [0.15, 0.2) is 5.69 Å². The largest absolute Gasteiger partial charge is 0.507 e. The third kappa shape index (κ3) is 4.75. The summed E-state index contributed by atoms with van der Waals surface area (Å²) >= 11 is 6.05. The van der Waals surface area contributed by atoms with Crippen LogP contribution in [0.4, 0.5) is 32.8 Å². The Hall–Kier alpha value is -5.70. The fourth-order valence-corrected chi connectivity index (χ4v) is 9.03. The second-order valence-electron chi connectivity index (χ2n) is 14.0. The number of para-hydroxylation sites is 1. The van der Waals surface area contributed by atoms with Gasteiger partial charge in [0.2, 0.25) is 23.6 Å². The molecule has 268 valence electrons. The maximum absolute atomic E-state index is 14.6. The third-order valence-electron chi connectivity index (χ3n) is 11.2. The first-order chi connectivity index (χ1) is 24.5. The van der Waals surface area contributed by atoms with Gasteiger partial charge in [0.05, 0.1) is 49.4 Å². The molecule has 52 heavy (non-hydrogen) atoms. The molecule has 0 aromatic heterocycles. The summed E-state index contributed by atoms with van der Waals surface area (Å²) in [6.07, 6.45) is 1.71. The number of aromatic hydroxyl groups is 1. The number of allylic oxidation sites excluding steroid dienone is 2. The Morgan fingerprint density at radius 2 is 1.58 bits per heavy atom. The molecule has 0 spiro atoms. The number of amides is 4. The number of carbonyl (C=O) groups excluding carboxylic acids is 4. The molecule has 2 saturated heterocycles. The first-order valence-electron chi connectivity index (χ1n) is 16.3. The van der Waals surface area contributed by atoms with Crippen LogP contribution in [0.25, 0.3) is 0 Å². The van der Waals surface area contributed by atoms with E-state index in [9.17, 15) is 48.9 Å². The molecule has 7 rings (SSSR count). The number of imide groups is 2. The minimum atomic E-state index is -1.51. The molecule has 16 heteroatoms. The number of anilines is 3. The molecule has 0 bridgehead atoms. The molecule has 3 aromatic carbocycles. The lowest BCUT2D eigenvalue weighted by molar-refractivity contribution is -0.392. The van der Waals surface area contributed by atoms with E-state index in [2.05, 4.69) is 0 Å². The van der Waals surface area contributed by atoms with E-state index in [-0.39, 0.29) is 40.7 Å². The summed E-state index contributed by atoms with van der Waals surface area (Å²) in [6.45, 7) is 3.30. The zero-order valence-corrected chi connectivity index (χ0v) is 29.0. The molecule has 3 fully saturated rings. The quantitative estimate of drug-likeness (QED) is 0.140. The highest BCUT2D eigenvalue weighted by Crippen LogP contribution is 2.64. The van der Waals surface area contributed by atoms with Crippen molar-refractivity contribution >= 4 is 63.7 Å². The Morgan fingerprint density at radius 1 is 0.923 bits per heavy atom. The van der Waals surface area contributed by atoms with Crippen LogP contribution in [-0.4, -0.2) is 52.7 Å². The normalized spacial score (nSPS) is 26.6. The summed E-state index contributed by atoms with van der Waals surface area (Å²) in [4.78, 5) is 82.9. The second-order valence-corrected chi connectivity index (χ2v) is 14.4. The monoisotopic (exact) mass is 731 g/mol. The van der Waals surface area contributed by atoms with Gasteiger partial charge in [-0.3, -0.25) is 39.4 Å². The molecule has 4 amide bonds. The Kier molecular flexibility index (Phi) is 7.97. The zero-order chi connectivity index (χ0) is 37.7. The van der Waals surface area contributed by atoms with Crippen LogP contribution in [0.5, 0.6) is 5.75 Å². The van der Waals surface area contributed by atoms with Gasteiger partial charge >= 0.3 is 11.4 Å². The van der Waals surface area contributed by atoms with Crippen molar-refractivity contribution in [3.05, 3.63) is 102 Å². The average molecular weight is 732 g/mol. The third-order valence-corrected chi connectivity index (χ3v) is 11.5. The van der Waals surface area contributed by atoms with Gasteiger partial charge in [-0.1, -0.05) is 41.4 Å². The van der Waals surface area contributed by atoms with Gasteiger partial charge in [0.1, 0.15) is 11.6 Å². The molecular formula is C36H31ClFN5O9. The van der Waals surface area contributed by atoms with Gasteiger partial charge in [-0.25, -0.2) is 14.2 Å². The number of nitro groups is 2. The molecule has 6 atom stereocenters. The molecule has 3 aromatic rings. The van der Waals surface area contributed by atoms with Crippen LogP contribution >= 0.6 is 11.6 Å². The summed E-state index contributed by atoms with van der Waals surface area (Å²) in [5.41, 5.74) is -2.08. The van der Waals surface area contributed by atoms with Crippen molar-refractivity contribution in [1.29, 1.82) is 0 Å². The average Bonchev–Trinajstić information content (AvgIpc) is 3.46. The van der Waals surface area contributed by atoms with Crippen molar-refractivity contribution in [2.24, 2.45) is 29.1 Å². The number of nitrogens with zero attached hydrogens (tertiary/aromatic N) is 5. The lowest BCUT2D eigenvalue weighted by Crippen LogP contribution is -2.49. The molecule has 14 nitrogen and oxygen atoms in total. The van der Waals surface area contributed by atoms with E-state index in [1.807, 2.05) is 0 Å². The van der Waals surface area contributed by atoms with Crippen molar-refractivity contribution in [3.8, 4) is 5.75 Å². The number of hydrogen-bond acceptors (Lipinski definition) is 10. The Morgan fingerprint density at radius 3 is 2.17 bits per heavy atom. The highest BCUT2D eigenvalue weighted by Gasteiger charge is 2.68. The first-order valence-corrected chi connectivity index (χ1v) is 16.7. The Labute approximate surface area is 300 Å². The van der Waals surface area contributed by atoms with Gasteiger partial charge in [0, 0.05) is 37.7 Å². The summed E-state index contributed by atoms with van der Waals surface area (Å²) in [7, 11) is 2.78. The second kappa shape index (κ2) is 11.9. The highest BCUT2D eigenvalue weighted by atomic mass is 35.5. The van der Waals surface area contributed by atoms with Gasteiger partial charge in [-0.2, -0.15) is 0 Å². The van der Waals surface area contributed by atoms with E-state index >= 15 is 0 Å². The summed E-state index contributed by atoms with van der Waals surface area (Å²) in [5, 5.41) is 35.3. The number of benzene rings is 3. The predicted octanol–water partition coefficient (Wildman–Crippen LogP) is 5.81. The number of rotatable bonds is 6. The number of nitro benzene ring substituents is 2. The number of hydrogen-bond donors (Lipinski definition) is 1. The number of aryl methyl sites for hydroxylation is 1. The molecule has 6 unspecified atom stereocenters. The van der Waals surface area contributed by atoms with Gasteiger partial charge in [-0.15, -0.1) is 0 Å². The molecule has 0 radical (unpaired) electrons. The fourth-order valence-electron chi connectivity index (χ4n) is 8.85. The van der Waals surface area contributed by atoms with Crippen LogP contribution in [0.3, 0.4) is 0 Å². The fraction of sp³-hybridized carbons (Fsp3) is 0.333.